The lowest BCUT2D eigenvalue weighted by Crippen LogP contribution is -2.27. The molecule has 2 amide bonds. The van der Waals surface area contributed by atoms with Crippen LogP contribution in [0.15, 0.2) is 72.8 Å². The van der Waals surface area contributed by atoms with Crippen LogP contribution in [0.1, 0.15) is 58.4 Å². The summed E-state index contributed by atoms with van der Waals surface area (Å²) in [5.41, 5.74) is 3.25. The normalized spacial score (nSPS) is 13.8. The van der Waals surface area contributed by atoms with Gasteiger partial charge in [0.2, 0.25) is 0 Å². The Morgan fingerprint density at radius 1 is 0.853 bits per heavy atom. The van der Waals surface area contributed by atoms with Crippen LogP contribution >= 0.6 is 0 Å². The molecular formula is C28H30FN3O2. The van der Waals surface area contributed by atoms with Gasteiger partial charge in [-0.15, -0.1) is 0 Å². The molecule has 3 N–H and O–H groups in total. The van der Waals surface area contributed by atoms with Crippen molar-refractivity contribution in [1.82, 2.24) is 5.32 Å². The lowest BCUT2D eigenvalue weighted by molar-refractivity contribution is 0.0954. The fourth-order valence-corrected chi connectivity index (χ4v) is 4.26. The van der Waals surface area contributed by atoms with Gasteiger partial charge in [0.05, 0.1) is 5.56 Å². The molecule has 0 aliphatic heterocycles. The standard InChI is InChI=1S/C28H30FN3O2/c29-22-14-11-20(12-15-22)17-18-30-27(33)21-13-16-26(31-23-7-3-1-4-8-23)25(19-21)28(34)32-24-9-5-2-6-10-24/h2,5-6,9-16,19,23,31H,1,3-4,7-8,17-18H2,(H,30,33)(H,32,34). The van der Waals surface area contributed by atoms with E-state index < -0.39 is 0 Å². The van der Waals surface area contributed by atoms with Crippen LogP contribution in [0.2, 0.25) is 0 Å². The van der Waals surface area contributed by atoms with Crippen molar-refractivity contribution < 1.29 is 14.0 Å². The van der Waals surface area contributed by atoms with Gasteiger partial charge in [-0.05, 0) is 67.3 Å². The highest BCUT2D eigenvalue weighted by Crippen LogP contribution is 2.25. The van der Waals surface area contributed by atoms with Crippen molar-refractivity contribution in [3.8, 4) is 0 Å². The van der Waals surface area contributed by atoms with E-state index in [4.69, 9.17) is 0 Å². The Hall–Kier alpha value is -3.67. The Bertz CT molecular complexity index is 1110. The lowest BCUT2D eigenvalue weighted by Gasteiger charge is -2.25. The highest BCUT2D eigenvalue weighted by molar-refractivity contribution is 6.09. The number of hydrogen-bond acceptors (Lipinski definition) is 3. The fraction of sp³-hybridized carbons (Fsp3) is 0.286. The van der Waals surface area contributed by atoms with Gasteiger partial charge < -0.3 is 16.0 Å². The number of para-hydroxylation sites is 1. The number of benzene rings is 3. The van der Waals surface area contributed by atoms with Crippen LogP contribution in [0.5, 0.6) is 0 Å². The van der Waals surface area contributed by atoms with Crippen molar-refractivity contribution in [1.29, 1.82) is 0 Å². The molecule has 6 heteroatoms. The first-order valence-corrected chi connectivity index (χ1v) is 11.9. The van der Waals surface area contributed by atoms with E-state index in [1.165, 1.54) is 31.4 Å². The summed E-state index contributed by atoms with van der Waals surface area (Å²) < 4.78 is 13.1. The molecule has 5 nitrogen and oxygen atoms in total. The number of anilines is 2. The van der Waals surface area contributed by atoms with E-state index in [0.29, 0.717) is 35.8 Å². The predicted octanol–water partition coefficient (Wildman–Crippen LogP) is 5.80. The van der Waals surface area contributed by atoms with Gasteiger partial charge in [-0.3, -0.25) is 9.59 Å². The summed E-state index contributed by atoms with van der Waals surface area (Å²) in [5.74, 6) is -0.790. The number of rotatable bonds is 8. The van der Waals surface area contributed by atoms with Gasteiger partial charge in [-0.2, -0.15) is 0 Å². The molecule has 4 rings (SSSR count). The smallest absolute Gasteiger partial charge is 0.257 e. The minimum absolute atomic E-state index is 0.250. The molecule has 34 heavy (non-hydrogen) atoms. The van der Waals surface area contributed by atoms with Crippen molar-refractivity contribution in [3.63, 3.8) is 0 Å². The van der Waals surface area contributed by atoms with E-state index in [1.807, 2.05) is 36.4 Å². The van der Waals surface area contributed by atoms with Gasteiger partial charge >= 0.3 is 0 Å². The number of amides is 2. The van der Waals surface area contributed by atoms with Crippen LogP contribution in [0.4, 0.5) is 15.8 Å². The van der Waals surface area contributed by atoms with Crippen molar-refractivity contribution in [2.45, 2.75) is 44.6 Å². The van der Waals surface area contributed by atoms with Gasteiger partial charge in [0.25, 0.3) is 11.8 Å². The number of nitrogens with one attached hydrogen (secondary N) is 3. The topological polar surface area (TPSA) is 70.2 Å². The summed E-state index contributed by atoms with van der Waals surface area (Å²) >= 11 is 0. The first-order chi connectivity index (χ1) is 16.6. The monoisotopic (exact) mass is 459 g/mol. The molecular weight excluding hydrogens is 429 g/mol. The second kappa shape index (κ2) is 11.5. The molecule has 1 saturated carbocycles. The van der Waals surface area contributed by atoms with Gasteiger partial charge in [-0.25, -0.2) is 4.39 Å². The fourth-order valence-electron chi connectivity index (χ4n) is 4.26. The van der Waals surface area contributed by atoms with Crippen LogP contribution in [0, 0.1) is 5.82 Å². The van der Waals surface area contributed by atoms with Crippen LogP contribution in [-0.4, -0.2) is 24.4 Å². The molecule has 0 unspecified atom stereocenters. The molecule has 0 aromatic heterocycles. The first-order valence-electron chi connectivity index (χ1n) is 11.9. The Morgan fingerprint density at radius 2 is 1.59 bits per heavy atom. The first kappa shape index (κ1) is 23.5. The summed E-state index contributed by atoms with van der Waals surface area (Å²) in [6.45, 7) is 0.415. The third-order valence-electron chi connectivity index (χ3n) is 6.14. The van der Waals surface area contributed by atoms with Crippen LogP contribution in [0.3, 0.4) is 0 Å². The van der Waals surface area contributed by atoms with Crippen molar-refractivity contribution in [2.75, 3.05) is 17.2 Å². The number of hydrogen-bond donors (Lipinski definition) is 3. The molecule has 3 aromatic rings. The Labute approximate surface area is 199 Å². The molecule has 1 aliphatic carbocycles. The molecule has 1 aliphatic rings. The molecule has 0 atom stereocenters. The summed E-state index contributed by atoms with van der Waals surface area (Å²) in [4.78, 5) is 26.0. The zero-order valence-corrected chi connectivity index (χ0v) is 19.1. The maximum absolute atomic E-state index is 13.2. The van der Waals surface area contributed by atoms with E-state index in [1.54, 1.807) is 24.3 Å². The highest BCUT2D eigenvalue weighted by atomic mass is 19.1. The Balaban J connectivity index is 1.48. The van der Waals surface area contributed by atoms with Crippen LogP contribution in [0.25, 0.3) is 0 Å². The summed E-state index contributed by atoms with van der Waals surface area (Å²) in [6.07, 6.45) is 6.34. The molecule has 0 saturated heterocycles. The largest absolute Gasteiger partial charge is 0.382 e. The molecule has 1 fully saturated rings. The summed E-state index contributed by atoms with van der Waals surface area (Å²) in [6, 6.07) is 21.1. The van der Waals surface area contributed by atoms with Crippen LogP contribution in [-0.2, 0) is 6.42 Å². The maximum Gasteiger partial charge on any atom is 0.257 e. The minimum atomic E-state index is -0.281. The maximum atomic E-state index is 13.2. The SMILES string of the molecule is O=C(NCCc1ccc(F)cc1)c1ccc(NC2CCCCC2)c(C(=O)Nc2ccccc2)c1. The van der Waals surface area contributed by atoms with Crippen molar-refractivity contribution >= 4 is 23.2 Å². The average Bonchev–Trinajstić information content (AvgIpc) is 2.86. The van der Waals surface area contributed by atoms with Crippen LogP contribution < -0.4 is 16.0 Å². The second-order valence-electron chi connectivity index (χ2n) is 8.69. The zero-order valence-electron chi connectivity index (χ0n) is 19.1. The zero-order chi connectivity index (χ0) is 23.8. The van der Waals surface area contributed by atoms with Gasteiger partial charge in [-0.1, -0.05) is 49.6 Å². The highest BCUT2D eigenvalue weighted by Gasteiger charge is 2.19. The molecule has 0 heterocycles. The van der Waals surface area contributed by atoms with Crippen molar-refractivity contribution in [2.24, 2.45) is 0 Å². The third-order valence-corrected chi connectivity index (χ3v) is 6.14. The third kappa shape index (κ3) is 6.44. The van der Waals surface area contributed by atoms with Gasteiger partial charge in [0, 0.05) is 29.5 Å². The lowest BCUT2D eigenvalue weighted by atomic mass is 9.94. The second-order valence-corrected chi connectivity index (χ2v) is 8.69. The Kier molecular flexibility index (Phi) is 7.91. The molecule has 176 valence electrons. The average molecular weight is 460 g/mol. The quantitative estimate of drug-likeness (QED) is 0.399. The van der Waals surface area contributed by atoms with Gasteiger partial charge in [0.15, 0.2) is 0 Å². The Morgan fingerprint density at radius 3 is 2.32 bits per heavy atom. The summed E-state index contributed by atoms with van der Waals surface area (Å²) in [5, 5.41) is 9.35. The van der Waals surface area contributed by atoms with E-state index in [2.05, 4.69) is 16.0 Å². The van der Waals surface area contributed by atoms with Gasteiger partial charge in [0.1, 0.15) is 5.82 Å². The van der Waals surface area contributed by atoms with E-state index in [0.717, 1.165) is 24.1 Å². The molecule has 3 aromatic carbocycles. The predicted molar refractivity (Wildman–Crippen MR) is 134 cm³/mol. The molecule has 0 radical (unpaired) electrons. The number of carbonyl (C=O) groups is 2. The van der Waals surface area contributed by atoms with Crippen molar-refractivity contribution in [3.05, 3.63) is 95.3 Å². The molecule has 0 bridgehead atoms. The minimum Gasteiger partial charge on any atom is -0.382 e. The summed E-state index contributed by atoms with van der Waals surface area (Å²) in [7, 11) is 0. The van der Waals surface area contributed by atoms with E-state index in [-0.39, 0.29) is 17.6 Å². The molecule has 0 spiro atoms. The number of carbonyl (C=O) groups excluding carboxylic acids is 2. The van der Waals surface area contributed by atoms with E-state index in [9.17, 15) is 14.0 Å². The van der Waals surface area contributed by atoms with E-state index >= 15 is 0 Å². The number of halogens is 1.